The van der Waals surface area contributed by atoms with E-state index in [1.807, 2.05) is 0 Å². The van der Waals surface area contributed by atoms with Gasteiger partial charge in [-0.3, -0.25) is 4.90 Å². The molecule has 4 heteroatoms. The molecule has 3 nitrogen and oxygen atoms in total. The van der Waals surface area contributed by atoms with Gasteiger partial charge in [-0.15, -0.1) is 0 Å². The monoisotopic (exact) mass is 333 g/mol. The first-order chi connectivity index (χ1) is 10.9. The summed E-state index contributed by atoms with van der Waals surface area (Å²) < 4.78 is 12.5. The van der Waals surface area contributed by atoms with Gasteiger partial charge in [0.1, 0.15) is 0 Å². The predicted octanol–water partition coefficient (Wildman–Crippen LogP) is 4.61. The Kier molecular flexibility index (Phi) is 4.51. The van der Waals surface area contributed by atoms with Gasteiger partial charge in [-0.05, 0) is 90.7 Å². The van der Waals surface area contributed by atoms with Crippen LogP contribution in [0.5, 0.6) is 0 Å². The molecule has 0 saturated carbocycles. The number of likely N-dealkylation sites (tertiary alicyclic amines) is 1. The molecule has 2 fully saturated rings. The first kappa shape index (κ1) is 18.5. The highest BCUT2D eigenvalue weighted by atomic mass is 16.7. The fourth-order valence-corrected chi connectivity index (χ4v) is 4.12. The van der Waals surface area contributed by atoms with Crippen molar-refractivity contribution in [1.82, 2.24) is 4.90 Å². The van der Waals surface area contributed by atoms with Crippen LogP contribution in [0.3, 0.4) is 0 Å². The summed E-state index contributed by atoms with van der Waals surface area (Å²) in [6.07, 6.45) is 8.46. The van der Waals surface area contributed by atoms with Gasteiger partial charge < -0.3 is 9.31 Å². The highest BCUT2D eigenvalue weighted by molar-refractivity contribution is 6.54. The lowest BCUT2D eigenvalue weighted by Gasteiger charge is -2.48. The van der Waals surface area contributed by atoms with Crippen molar-refractivity contribution in [3.05, 3.63) is 11.5 Å². The van der Waals surface area contributed by atoms with Crippen molar-refractivity contribution < 1.29 is 9.31 Å². The van der Waals surface area contributed by atoms with Gasteiger partial charge in [0.15, 0.2) is 0 Å². The second kappa shape index (κ2) is 5.85. The Morgan fingerprint density at radius 1 is 0.875 bits per heavy atom. The number of allylic oxidation sites excluding steroid dienone is 1. The van der Waals surface area contributed by atoms with Gasteiger partial charge in [-0.1, -0.05) is 19.9 Å². The van der Waals surface area contributed by atoms with Gasteiger partial charge in [0, 0.05) is 5.54 Å². The van der Waals surface area contributed by atoms with E-state index < -0.39 is 0 Å². The van der Waals surface area contributed by atoms with Crippen molar-refractivity contribution >= 4 is 7.12 Å². The molecule has 2 heterocycles. The maximum Gasteiger partial charge on any atom is 0.490 e. The maximum absolute atomic E-state index is 6.24. The van der Waals surface area contributed by atoms with E-state index in [1.54, 1.807) is 0 Å². The van der Waals surface area contributed by atoms with Crippen LogP contribution in [0, 0.1) is 5.41 Å². The third-order valence-electron chi connectivity index (χ3n) is 7.19. The van der Waals surface area contributed by atoms with Gasteiger partial charge >= 0.3 is 7.12 Å². The van der Waals surface area contributed by atoms with Crippen LogP contribution in [0.4, 0.5) is 0 Å². The average Bonchev–Trinajstić information content (AvgIpc) is 2.67. The Labute approximate surface area is 149 Å². The molecule has 0 aromatic rings. The molecule has 3 rings (SSSR count). The van der Waals surface area contributed by atoms with Crippen LogP contribution >= 0.6 is 0 Å². The van der Waals surface area contributed by atoms with Gasteiger partial charge in [0.05, 0.1) is 11.2 Å². The first-order valence-electron chi connectivity index (χ1n) is 9.74. The predicted molar refractivity (Wildman–Crippen MR) is 101 cm³/mol. The number of piperidine rings is 1. The van der Waals surface area contributed by atoms with Crippen molar-refractivity contribution in [3.8, 4) is 0 Å². The van der Waals surface area contributed by atoms with E-state index >= 15 is 0 Å². The minimum Gasteiger partial charge on any atom is -0.400 e. The number of hydrogen-bond acceptors (Lipinski definition) is 3. The molecule has 3 aliphatic rings. The summed E-state index contributed by atoms with van der Waals surface area (Å²) >= 11 is 0. The maximum atomic E-state index is 6.24. The molecule has 0 aromatic heterocycles. The number of hydrogen-bond donors (Lipinski definition) is 0. The van der Waals surface area contributed by atoms with Crippen molar-refractivity contribution in [1.29, 1.82) is 0 Å². The fourth-order valence-electron chi connectivity index (χ4n) is 4.12. The molecule has 0 aromatic carbocycles. The van der Waals surface area contributed by atoms with Crippen LogP contribution in [0.15, 0.2) is 11.5 Å². The molecule has 0 spiro atoms. The molecule has 24 heavy (non-hydrogen) atoms. The summed E-state index contributed by atoms with van der Waals surface area (Å²) in [6.45, 7) is 18.3. The van der Waals surface area contributed by atoms with Gasteiger partial charge in [-0.25, -0.2) is 0 Å². The summed E-state index contributed by atoms with van der Waals surface area (Å²) in [7, 11) is -0.153. The van der Waals surface area contributed by atoms with E-state index in [9.17, 15) is 0 Å². The van der Waals surface area contributed by atoms with Crippen molar-refractivity contribution in [3.63, 3.8) is 0 Å². The molecule has 1 atom stereocenters. The summed E-state index contributed by atoms with van der Waals surface area (Å²) in [5.74, 6) is 0. The van der Waals surface area contributed by atoms with Crippen LogP contribution in [0.2, 0.25) is 0 Å². The standard InChI is InChI=1S/C20H36BNO2/c1-17(2)12-14-22(15-13-17)20(7)10-8-16(9-11-20)21-23-18(3,4)19(5,6)24-21/h8H,9-15H2,1-7H3. The molecule has 1 unspecified atom stereocenters. The van der Waals surface area contributed by atoms with Gasteiger partial charge in [0.25, 0.3) is 0 Å². The van der Waals surface area contributed by atoms with Gasteiger partial charge in [0.2, 0.25) is 0 Å². The molecule has 136 valence electrons. The second-order valence-electron chi connectivity index (χ2n) is 10.2. The summed E-state index contributed by atoms with van der Waals surface area (Å²) in [5.41, 5.74) is 1.70. The van der Waals surface area contributed by atoms with E-state index in [4.69, 9.17) is 9.31 Å². The SMILES string of the molecule is CC1(C)CCN(C2(C)CC=C(B3OC(C)(C)C(C)(C)O3)CC2)CC1. The Morgan fingerprint density at radius 3 is 1.88 bits per heavy atom. The van der Waals surface area contributed by atoms with E-state index in [1.165, 1.54) is 37.8 Å². The smallest absolute Gasteiger partial charge is 0.400 e. The van der Waals surface area contributed by atoms with E-state index in [-0.39, 0.29) is 18.3 Å². The Balaban J connectivity index is 1.64. The minimum absolute atomic E-state index is 0.153. The summed E-state index contributed by atoms with van der Waals surface area (Å²) in [4.78, 5) is 2.73. The molecular formula is C20H36BNO2. The highest BCUT2D eigenvalue weighted by Gasteiger charge is 2.53. The molecule has 2 aliphatic heterocycles. The molecule has 0 bridgehead atoms. The first-order valence-corrected chi connectivity index (χ1v) is 9.74. The Hall–Kier alpha value is -0.315. The Morgan fingerprint density at radius 2 is 1.42 bits per heavy atom. The Bertz CT molecular complexity index is 500. The summed E-state index contributed by atoms with van der Waals surface area (Å²) in [5, 5.41) is 0. The van der Waals surface area contributed by atoms with Crippen LogP contribution in [0.1, 0.15) is 80.6 Å². The molecule has 0 N–H and O–H groups in total. The fraction of sp³-hybridized carbons (Fsp3) is 0.900. The zero-order valence-electron chi connectivity index (χ0n) is 16.9. The topological polar surface area (TPSA) is 21.7 Å². The molecule has 2 saturated heterocycles. The van der Waals surface area contributed by atoms with E-state index in [2.05, 4.69) is 59.4 Å². The van der Waals surface area contributed by atoms with E-state index in [0.29, 0.717) is 11.0 Å². The molecule has 0 radical (unpaired) electrons. The van der Waals surface area contributed by atoms with Crippen molar-refractivity contribution in [2.75, 3.05) is 13.1 Å². The number of nitrogens with zero attached hydrogens (tertiary/aromatic N) is 1. The van der Waals surface area contributed by atoms with E-state index in [0.717, 1.165) is 12.8 Å². The normalized spacial score (nSPS) is 35.8. The van der Waals surface area contributed by atoms with Crippen LogP contribution < -0.4 is 0 Å². The zero-order valence-corrected chi connectivity index (χ0v) is 16.9. The van der Waals surface area contributed by atoms with Crippen molar-refractivity contribution in [2.45, 2.75) is 97.3 Å². The van der Waals surface area contributed by atoms with Crippen LogP contribution in [-0.2, 0) is 9.31 Å². The zero-order chi connectivity index (χ0) is 17.8. The largest absolute Gasteiger partial charge is 0.490 e. The average molecular weight is 333 g/mol. The molecular weight excluding hydrogens is 297 g/mol. The minimum atomic E-state index is -0.238. The van der Waals surface area contributed by atoms with Crippen LogP contribution in [0.25, 0.3) is 0 Å². The highest BCUT2D eigenvalue weighted by Crippen LogP contribution is 2.43. The lowest BCUT2D eigenvalue weighted by Crippen LogP contribution is -2.52. The third kappa shape index (κ3) is 3.34. The van der Waals surface area contributed by atoms with Crippen molar-refractivity contribution in [2.24, 2.45) is 5.41 Å². The molecule has 1 aliphatic carbocycles. The second-order valence-corrected chi connectivity index (χ2v) is 10.2. The lowest BCUT2D eigenvalue weighted by atomic mass is 9.68. The van der Waals surface area contributed by atoms with Crippen LogP contribution in [-0.4, -0.2) is 41.8 Å². The quantitative estimate of drug-likeness (QED) is 0.689. The van der Waals surface area contributed by atoms with Gasteiger partial charge in [-0.2, -0.15) is 0 Å². The lowest BCUT2D eigenvalue weighted by molar-refractivity contribution is 0.00578. The summed E-state index contributed by atoms with van der Waals surface area (Å²) in [6, 6.07) is 0. The third-order valence-corrected chi connectivity index (χ3v) is 7.19. The molecule has 0 amide bonds. The number of rotatable bonds is 2.